The third kappa shape index (κ3) is 4.75. The molecule has 0 spiro atoms. The summed E-state index contributed by atoms with van der Waals surface area (Å²) in [7, 11) is 1.30. The van der Waals surface area contributed by atoms with Gasteiger partial charge >= 0.3 is 5.97 Å². The zero-order valence-corrected chi connectivity index (χ0v) is 20.4. The predicted octanol–water partition coefficient (Wildman–Crippen LogP) is 6.16. The number of carbonyl (C=O) groups excluding carboxylic acids is 1. The Balaban J connectivity index is 2.08. The molecular formula is C24H22Cl2N2O3S. The SMILES string of the molecule is COC(=O)C1=C(C)OC(N)=C(C#N)[C@H]1c1cc(CSc2cc(Cl)ccc2Cl)c(C)cc1C. The van der Waals surface area contributed by atoms with Gasteiger partial charge in [0.25, 0.3) is 0 Å². The number of nitrogens with zero attached hydrogens (tertiary/aromatic N) is 1. The first kappa shape index (κ1) is 24.1. The van der Waals surface area contributed by atoms with E-state index in [1.165, 1.54) is 7.11 Å². The number of rotatable bonds is 5. The number of nitriles is 1. The molecule has 0 radical (unpaired) electrons. The molecule has 3 rings (SSSR count). The Labute approximate surface area is 201 Å². The number of benzene rings is 2. The van der Waals surface area contributed by atoms with Gasteiger partial charge in [0.1, 0.15) is 17.4 Å². The van der Waals surface area contributed by atoms with Gasteiger partial charge in [0, 0.05) is 15.7 Å². The van der Waals surface area contributed by atoms with Crippen molar-refractivity contribution in [1.29, 1.82) is 5.26 Å². The van der Waals surface area contributed by atoms with Crippen molar-refractivity contribution in [3.05, 3.63) is 85.4 Å². The summed E-state index contributed by atoms with van der Waals surface area (Å²) in [4.78, 5) is 13.5. The number of methoxy groups -OCH3 is 1. The Morgan fingerprint density at radius 1 is 1.22 bits per heavy atom. The molecule has 0 aliphatic carbocycles. The lowest BCUT2D eigenvalue weighted by molar-refractivity contribution is -0.136. The summed E-state index contributed by atoms with van der Waals surface area (Å²) in [6.45, 7) is 5.60. The maximum Gasteiger partial charge on any atom is 0.338 e. The third-order valence-electron chi connectivity index (χ3n) is 5.32. The molecule has 0 saturated heterocycles. The van der Waals surface area contributed by atoms with Gasteiger partial charge in [-0.3, -0.25) is 0 Å². The second-order valence-corrected chi connectivity index (χ2v) is 9.25. The molecule has 0 aromatic heterocycles. The lowest BCUT2D eigenvalue weighted by atomic mass is 9.80. The van der Waals surface area contributed by atoms with E-state index < -0.39 is 11.9 Å². The van der Waals surface area contributed by atoms with Crippen LogP contribution >= 0.6 is 35.0 Å². The number of halogens is 2. The Morgan fingerprint density at radius 3 is 2.59 bits per heavy atom. The van der Waals surface area contributed by atoms with E-state index in [4.69, 9.17) is 38.4 Å². The van der Waals surface area contributed by atoms with Crippen LogP contribution in [0.3, 0.4) is 0 Å². The molecule has 0 fully saturated rings. The molecule has 1 aliphatic heterocycles. The summed E-state index contributed by atoms with van der Waals surface area (Å²) in [6.07, 6.45) is 0. The quantitative estimate of drug-likeness (QED) is 0.400. The molecule has 1 atom stereocenters. The van der Waals surface area contributed by atoms with Gasteiger partial charge in [-0.2, -0.15) is 5.26 Å². The van der Waals surface area contributed by atoms with Crippen molar-refractivity contribution in [2.75, 3.05) is 7.11 Å². The number of nitrogens with two attached hydrogens (primary N) is 1. The van der Waals surface area contributed by atoms with Crippen LogP contribution < -0.4 is 5.73 Å². The molecule has 0 saturated carbocycles. The summed E-state index contributed by atoms with van der Waals surface area (Å²) >= 11 is 14.0. The molecule has 8 heteroatoms. The largest absolute Gasteiger partial charge is 0.466 e. The van der Waals surface area contributed by atoms with Gasteiger partial charge in [0.15, 0.2) is 0 Å². The Hall–Kier alpha value is -2.59. The number of ether oxygens (including phenoxy) is 2. The summed E-state index contributed by atoms with van der Waals surface area (Å²) in [5, 5.41) is 11.0. The van der Waals surface area contributed by atoms with Crippen LogP contribution in [0.5, 0.6) is 0 Å². The molecule has 1 aliphatic rings. The standard InChI is InChI=1S/C24H22Cl2N2O3S/c1-12-7-13(2)17(8-15(12)11-32-20-9-16(25)5-6-19(20)26)22-18(10-27)23(28)31-14(3)21(22)24(29)30-4/h5-9,22H,11,28H2,1-4H3/t22-/m1/s1. The average molecular weight is 489 g/mol. The van der Waals surface area contributed by atoms with Crippen LogP contribution in [0, 0.1) is 25.2 Å². The highest BCUT2D eigenvalue weighted by atomic mass is 35.5. The molecule has 2 aromatic rings. The number of aryl methyl sites for hydroxylation is 2. The summed E-state index contributed by atoms with van der Waals surface area (Å²) in [5.41, 5.74) is 10.3. The van der Waals surface area contributed by atoms with E-state index in [2.05, 4.69) is 6.07 Å². The molecule has 2 aromatic carbocycles. The maximum atomic E-state index is 12.6. The fourth-order valence-corrected chi connectivity index (χ4v) is 5.25. The molecule has 0 unspecified atom stereocenters. The number of allylic oxidation sites excluding steroid dienone is 2. The Morgan fingerprint density at radius 2 is 1.94 bits per heavy atom. The van der Waals surface area contributed by atoms with Crippen molar-refractivity contribution in [2.24, 2.45) is 5.73 Å². The lowest BCUT2D eigenvalue weighted by Gasteiger charge is -2.28. The second kappa shape index (κ2) is 9.91. The first-order chi connectivity index (χ1) is 15.2. The van der Waals surface area contributed by atoms with E-state index in [1.807, 2.05) is 32.0 Å². The minimum Gasteiger partial charge on any atom is -0.466 e. The highest BCUT2D eigenvalue weighted by Gasteiger charge is 2.37. The van der Waals surface area contributed by atoms with E-state index in [9.17, 15) is 10.1 Å². The third-order valence-corrected chi connectivity index (χ3v) is 7.10. The molecule has 2 N–H and O–H groups in total. The highest BCUT2D eigenvalue weighted by Crippen LogP contribution is 2.42. The minimum absolute atomic E-state index is 0.00994. The van der Waals surface area contributed by atoms with Crippen LogP contribution in [0.15, 0.2) is 58.0 Å². The van der Waals surface area contributed by atoms with Crippen molar-refractivity contribution in [3.63, 3.8) is 0 Å². The smallest absolute Gasteiger partial charge is 0.338 e. The summed E-state index contributed by atoms with van der Waals surface area (Å²) in [6, 6.07) is 11.5. The van der Waals surface area contributed by atoms with Crippen LogP contribution in [-0.2, 0) is 20.0 Å². The highest BCUT2D eigenvalue weighted by molar-refractivity contribution is 7.98. The number of esters is 1. The van der Waals surface area contributed by atoms with Crippen molar-refractivity contribution >= 4 is 40.9 Å². The van der Waals surface area contributed by atoms with Gasteiger partial charge in [-0.05, 0) is 61.2 Å². The topological polar surface area (TPSA) is 85.3 Å². The fourth-order valence-electron chi connectivity index (χ4n) is 3.69. The molecule has 1 heterocycles. The predicted molar refractivity (Wildman–Crippen MR) is 127 cm³/mol. The fraction of sp³-hybridized carbons (Fsp3) is 0.250. The molecule has 5 nitrogen and oxygen atoms in total. The number of hydrogen-bond donors (Lipinski definition) is 1. The van der Waals surface area contributed by atoms with Crippen LogP contribution in [-0.4, -0.2) is 13.1 Å². The number of carbonyl (C=O) groups is 1. The van der Waals surface area contributed by atoms with E-state index in [1.54, 1.807) is 30.8 Å². The first-order valence-corrected chi connectivity index (χ1v) is 11.5. The van der Waals surface area contributed by atoms with Gasteiger partial charge in [-0.15, -0.1) is 11.8 Å². The average Bonchev–Trinajstić information content (AvgIpc) is 2.74. The molecule has 32 heavy (non-hydrogen) atoms. The van der Waals surface area contributed by atoms with Crippen LogP contribution in [0.1, 0.15) is 35.1 Å². The molecule has 0 amide bonds. The zero-order valence-electron chi connectivity index (χ0n) is 18.1. The Bertz CT molecular complexity index is 1200. The van der Waals surface area contributed by atoms with Crippen LogP contribution in [0.25, 0.3) is 0 Å². The summed E-state index contributed by atoms with van der Waals surface area (Å²) in [5.74, 6) is -0.307. The van der Waals surface area contributed by atoms with E-state index in [0.29, 0.717) is 21.6 Å². The van der Waals surface area contributed by atoms with E-state index in [-0.39, 0.29) is 17.0 Å². The van der Waals surface area contributed by atoms with E-state index in [0.717, 1.165) is 27.1 Å². The number of thioether (sulfide) groups is 1. The molecule has 166 valence electrons. The van der Waals surface area contributed by atoms with E-state index >= 15 is 0 Å². The molecular weight excluding hydrogens is 467 g/mol. The van der Waals surface area contributed by atoms with Crippen molar-refractivity contribution in [3.8, 4) is 6.07 Å². The van der Waals surface area contributed by atoms with Crippen molar-refractivity contribution < 1.29 is 14.3 Å². The van der Waals surface area contributed by atoms with Crippen LogP contribution in [0.2, 0.25) is 10.0 Å². The first-order valence-electron chi connectivity index (χ1n) is 9.72. The second-order valence-electron chi connectivity index (χ2n) is 7.38. The van der Waals surface area contributed by atoms with Crippen LogP contribution in [0.4, 0.5) is 0 Å². The summed E-state index contributed by atoms with van der Waals surface area (Å²) < 4.78 is 10.5. The minimum atomic E-state index is -0.680. The van der Waals surface area contributed by atoms with Crippen molar-refractivity contribution in [2.45, 2.75) is 37.3 Å². The maximum absolute atomic E-state index is 12.6. The van der Waals surface area contributed by atoms with Gasteiger partial charge in [0.05, 0.1) is 23.6 Å². The van der Waals surface area contributed by atoms with Crippen molar-refractivity contribution in [1.82, 2.24) is 0 Å². The van der Waals surface area contributed by atoms with Gasteiger partial charge in [0.2, 0.25) is 5.88 Å². The van der Waals surface area contributed by atoms with Gasteiger partial charge in [-0.1, -0.05) is 35.3 Å². The lowest BCUT2D eigenvalue weighted by Crippen LogP contribution is -2.25. The van der Waals surface area contributed by atoms with Gasteiger partial charge in [-0.25, -0.2) is 4.79 Å². The zero-order chi connectivity index (χ0) is 23.6. The van der Waals surface area contributed by atoms with Gasteiger partial charge < -0.3 is 15.2 Å². The monoisotopic (exact) mass is 488 g/mol. The molecule has 0 bridgehead atoms. The Kier molecular flexibility index (Phi) is 7.45. The normalized spacial score (nSPS) is 16.0. The number of hydrogen-bond acceptors (Lipinski definition) is 6.